The maximum absolute atomic E-state index is 4.19. The van der Waals surface area contributed by atoms with Gasteiger partial charge in [-0.2, -0.15) is 10.2 Å². The third kappa shape index (κ3) is 2.04. The summed E-state index contributed by atoms with van der Waals surface area (Å²) in [4.78, 5) is 0. The molecule has 0 atom stereocenters. The molecule has 0 aliphatic rings. The summed E-state index contributed by atoms with van der Waals surface area (Å²) in [6.45, 7) is 0.880. The van der Waals surface area contributed by atoms with Crippen LogP contribution in [0.1, 0.15) is 5.69 Å². The first-order valence-electron chi connectivity index (χ1n) is 4.40. The Morgan fingerprint density at radius 2 is 2.29 bits per heavy atom. The fraction of sp³-hybridized carbons (Fsp3) is 0.333. The molecule has 14 heavy (non-hydrogen) atoms. The minimum atomic E-state index is 0.880. The molecular formula is C9H11BrN4. The molecule has 4 nitrogen and oxygen atoms in total. The van der Waals surface area contributed by atoms with Gasteiger partial charge >= 0.3 is 0 Å². The van der Waals surface area contributed by atoms with Crippen LogP contribution in [-0.2, 0) is 20.0 Å². The van der Waals surface area contributed by atoms with Crippen molar-refractivity contribution >= 4 is 15.9 Å². The maximum atomic E-state index is 4.19. The zero-order chi connectivity index (χ0) is 9.97. The average molecular weight is 255 g/mol. The molecule has 0 fully saturated rings. The molecule has 0 N–H and O–H groups in total. The Labute approximate surface area is 90.7 Å². The highest BCUT2D eigenvalue weighted by atomic mass is 79.9. The molecule has 2 aromatic rings. The van der Waals surface area contributed by atoms with Crippen LogP contribution in [0.15, 0.2) is 29.1 Å². The first-order chi connectivity index (χ1) is 6.75. The first-order valence-corrected chi connectivity index (χ1v) is 5.20. The van der Waals surface area contributed by atoms with E-state index in [-0.39, 0.29) is 0 Å². The minimum absolute atomic E-state index is 0.880. The van der Waals surface area contributed by atoms with E-state index in [0.717, 1.165) is 17.4 Å². The second-order valence-corrected chi connectivity index (χ2v) is 4.03. The molecule has 0 saturated carbocycles. The van der Waals surface area contributed by atoms with E-state index in [1.165, 1.54) is 5.69 Å². The summed E-state index contributed by atoms with van der Waals surface area (Å²) >= 11 is 3.36. The van der Waals surface area contributed by atoms with Gasteiger partial charge in [-0.05, 0) is 22.0 Å². The molecule has 74 valence electrons. The topological polar surface area (TPSA) is 35.6 Å². The first kappa shape index (κ1) is 9.45. The highest BCUT2D eigenvalue weighted by Gasteiger charge is 1.99. The van der Waals surface area contributed by atoms with Gasteiger partial charge in [-0.1, -0.05) is 0 Å². The molecule has 5 heteroatoms. The van der Waals surface area contributed by atoms with Gasteiger partial charge in [0.05, 0.1) is 10.7 Å². The number of hydrogen-bond acceptors (Lipinski definition) is 2. The Hall–Kier alpha value is -1.10. The van der Waals surface area contributed by atoms with Gasteiger partial charge in [0.15, 0.2) is 0 Å². The predicted octanol–water partition coefficient (Wildman–Crippen LogP) is 1.62. The maximum Gasteiger partial charge on any atom is 0.0632 e. The predicted molar refractivity (Wildman–Crippen MR) is 56.8 cm³/mol. The Balaban J connectivity index is 1.98. The lowest BCUT2D eigenvalue weighted by molar-refractivity contribution is 0.586. The summed E-state index contributed by atoms with van der Waals surface area (Å²) in [6.07, 6.45) is 6.53. The average Bonchev–Trinajstić information content (AvgIpc) is 2.72. The van der Waals surface area contributed by atoms with E-state index in [0.29, 0.717) is 0 Å². The third-order valence-electron chi connectivity index (χ3n) is 2.12. The van der Waals surface area contributed by atoms with Gasteiger partial charge in [-0.15, -0.1) is 0 Å². The second-order valence-electron chi connectivity index (χ2n) is 3.12. The van der Waals surface area contributed by atoms with E-state index < -0.39 is 0 Å². The Bertz CT molecular complexity index is 418. The number of aromatic nitrogens is 4. The zero-order valence-corrected chi connectivity index (χ0v) is 9.48. The molecule has 0 unspecified atom stereocenters. The van der Waals surface area contributed by atoms with Crippen molar-refractivity contribution in [3.8, 4) is 0 Å². The molecule has 2 heterocycles. The molecule has 0 amide bonds. The molecule has 0 saturated heterocycles. The third-order valence-corrected chi connectivity index (χ3v) is 2.53. The molecule has 2 aromatic heterocycles. The normalized spacial score (nSPS) is 10.7. The highest BCUT2D eigenvalue weighted by Crippen LogP contribution is 2.07. The molecule has 0 aliphatic carbocycles. The van der Waals surface area contributed by atoms with E-state index in [2.05, 4.69) is 26.1 Å². The Morgan fingerprint density at radius 3 is 2.86 bits per heavy atom. The van der Waals surface area contributed by atoms with Crippen molar-refractivity contribution in [1.29, 1.82) is 0 Å². The van der Waals surface area contributed by atoms with Crippen molar-refractivity contribution < 1.29 is 0 Å². The molecule has 0 bridgehead atoms. The lowest BCUT2D eigenvalue weighted by atomic mass is 10.3. The Morgan fingerprint density at radius 1 is 1.43 bits per heavy atom. The smallest absolute Gasteiger partial charge is 0.0632 e. The number of halogens is 1. The van der Waals surface area contributed by atoms with E-state index in [9.17, 15) is 0 Å². The number of rotatable bonds is 3. The van der Waals surface area contributed by atoms with Crippen LogP contribution in [0.2, 0.25) is 0 Å². The van der Waals surface area contributed by atoms with Gasteiger partial charge in [0.2, 0.25) is 0 Å². The number of hydrogen-bond donors (Lipinski definition) is 0. The lowest BCUT2D eigenvalue weighted by Crippen LogP contribution is -2.05. The van der Waals surface area contributed by atoms with Crippen molar-refractivity contribution in [1.82, 2.24) is 19.6 Å². The van der Waals surface area contributed by atoms with E-state index in [4.69, 9.17) is 0 Å². The Kier molecular flexibility index (Phi) is 2.67. The van der Waals surface area contributed by atoms with Crippen molar-refractivity contribution in [2.75, 3.05) is 0 Å². The van der Waals surface area contributed by atoms with Gasteiger partial charge in [0.25, 0.3) is 0 Å². The highest BCUT2D eigenvalue weighted by molar-refractivity contribution is 9.10. The summed E-state index contributed by atoms with van der Waals surface area (Å²) in [7, 11) is 1.95. The van der Waals surface area contributed by atoms with Crippen LogP contribution in [0.25, 0.3) is 0 Å². The van der Waals surface area contributed by atoms with Crippen LogP contribution in [-0.4, -0.2) is 19.6 Å². The standard InChI is InChI=1S/C9H11BrN4/c1-13-9(2-4-11-13)3-5-14-7-8(10)6-12-14/h2,4,6-7H,3,5H2,1H3. The SMILES string of the molecule is Cn1nccc1CCn1cc(Br)cn1. The molecule has 0 spiro atoms. The molecule has 0 radical (unpaired) electrons. The molecule has 0 aliphatic heterocycles. The van der Waals surface area contributed by atoms with Crippen LogP contribution >= 0.6 is 15.9 Å². The number of nitrogens with zero attached hydrogens (tertiary/aromatic N) is 4. The van der Waals surface area contributed by atoms with Crippen LogP contribution < -0.4 is 0 Å². The van der Waals surface area contributed by atoms with Crippen LogP contribution in [0.3, 0.4) is 0 Å². The fourth-order valence-corrected chi connectivity index (χ4v) is 1.66. The van der Waals surface area contributed by atoms with Gasteiger partial charge in [0.1, 0.15) is 0 Å². The van der Waals surface area contributed by atoms with Gasteiger partial charge < -0.3 is 0 Å². The minimum Gasteiger partial charge on any atom is -0.273 e. The summed E-state index contributed by atoms with van der Waals surface area (Å²) in [5.41, 5.74) is 1.22. The van der Waals surface area contributed by atoms with Crippen molar-refractivity contribution in [2.24, 2.45) is 7.05 Å². The van der Waals surface area contributed by atoms with E-state index >= 15 is 0 Å². The zero-order valence-electron chi connectivity index (χ0n) is 7.89. The monoisotopic (exact) mass is 254 g/mol. The number of aryl methyl sites for hydroxylation is 3. The summed E-state index contributed by atoms with van der Waals surface area (Å²) < 4.78 is 4.82. The molecular weight excluding hydrogens is 244 g/mol. The summed E-state index contributed by atoms with van der Waals surface area (Å²) in [6, 6.07) is 2.03. The van der Waals surface area contributed by atoms with Crippen LogP contribution in [0, 0.1) is 0 Å². The van der Waals surface area contributed by atoms with Crippen molar-refractivity contribution in [3.05, 3.63) is 34.8 Å². The van der Waals surface area contributed by atoms with Gasteiger partial charge in [0, 0.05) is 38.1 Å². The molecule has 2 rings (SSSR count). The van der Waals surface area contributed by atoms with Crippen LogP contribution in [0.5, 0.6) is 0 Å². The van der Waals surface area contributed by atoms with Crippen LogP contribution in [0.4, 0.5) is 0 Å². The second kappa shape index (κ2) is 3.96. The molecule has 0 aromatic carbocycles. The largest absolute Gasteiger partial charge is 0.273 e. The fourth-order valence-electron chi connectivity index (χ4n) is 1.34. The summed E-state index contributed by atoms with van der Waals surface area (Å²) in [5.74, 6) is 0. The van der Waals surface area contributed by atoms with E-state index in [1.54, 1.807) is 6.20 Å². The summed E-state index contributed by atoms with van der Waals surface area (Å²) in [5, 5.41) is 8.30. The quantitative estimate of drug-likeness (QED) is 0.835. The van der Waals surface area contributed by atoms with E-state index in [1.807, 2.05) is 34.9 Å². The van der Waals surface area contributed by atoms with Crippen molar-refractivity contribution in [2.45, 2.75) is 13.0 Å². The van der Waals surface area contributed by atoms with Gasteiger partial charge in [-0.25, -0.2) is 0 Å². The van der Waals surface area contributed by atoms with Crippen molar-refractivity contribution in [3.63, 3.8) is 0 Å². The van der Waals surface area contributed by atoms with Gasteiger partial charge in [-0.3, -0.25) is 9.36 Å². The lowest BCUT2D eigenvalue weighted by Gasteiger charge is -2.01.